The molecule has 19 heavy (non-hydrogen) atoms. The van der Waals surface area contributed by atoms with Gasteiger partial charge in [0.25, 0.3) is 0 Å². The average Bonchev–Trinajstić information content (AvgIpc) is 3.04. The zero-order valence-electron chi connectivity index (χ0n) is 10.6. The fourth-order valence-electron chi connectivity index (χ4n) is 3.36. The summed E-state index contributed by atoms with van der Waals surface area (Å²) in [5, 5.41) is 0. The number of oxazole rings is 1. The van der Waals surface area contributed by atoms with Crippen LogP contribution in [0.25, 0.3) is 11.1 Å². The van der Waals surface area contributed by atoms with Gasteiger partial charge in [0.2, 0.25) is 0 Å². The van der Waals surface area contributed by atoms with Crippen molar-refractivity contribution in [1.29, 1.82) is 0 Å². The predicted octanol–water partition coefficient (Wildman–Crippen LogP) is 1.13. The first-order valence-electron chi connectivity index (χ1n) is 6.60. The lowest BCUT2D eigenvalue weighted by Gasteiger charge is -2.48. The molecule has 1 aliphatic heterocycles. The monoisotopic (exact) mass is 260 g/mol. The van der Waals surface area contributed by atoms with Crippen molar-refractivity contribution in [1.82, 2.24) is 4.98 Å². The molecule has 2 fully saturated rings. The molecule has 1 aliphatic carbocycles. The molecule has 1 aromatic carbocycles. The van der Waals surface area contributed by atoms with E-state index >= 15 is 0 Å². The van der Waals surface area contributed by atoms with Crippen molar-refractivity contribution in [3.63, 3.8) is 0 Å². The number of H-pyrrole nitrogens is 1. The number of aromatic nitrogens is 1. The maximum Gasteiger partial charge on any atom is 0.417 e. The van der Waals surface area contributed by atoms with Crippen molar-refractivity contribution in [2.24, 2.45) is 11.1 Å². The van der Waals surface area contributed by atoms with Crippen LogP contribution >= 0.6 is 0 Å². The molecule has 0 unspecified atom stereocenters. The number of ether oxygens (including phenoxy) is 1. The van der Waals surface area contributed by atoms with Crippen LogP contribution in [0.1, 0.15) is 18.4 Å². The maximum absolute atomic E-state index is 11.2. The van der Waals surface area contributed by atoms with Crippen LogP contribution in [-0.2, 0) is 10.2 Å². The fourth-order valence-corrected chi connectivity index (χ4v) is 3.36. The second-order valence-electron chi connectivity index (χ2n) is 5.78. The van der Waals surface area contributed by atoms with Gasteiger partial charge >= 0.3 is 5.76 Å². The Morgan fingerprint density at radius 2 is 2.11 bits per heavy atom. The number of hydrogen-bond acceptors (Lipinski definition) is 4. The van der Waals surface area contributed by atoms with Crippen LogP contribution in [0, 0.1) is 5.41 Å². The maximum atomic E-state index is 11.2. The molecule has 0 amide bonds. The van der Waals surface area contributed by atoms with Crippen molar-refractivity contribution < 1.29 is 9.15 Å². The van der Waals surface area contributed by atoms with E-state index in [2.05, 4.69) is 11.1 Å². The minimum atomic E-state index is -0.411. The fraction of sp³-hybridized carbons (Fsp3) is 0.500. The zero-order chi connectivity index (χ0) is 13.1. The normalized spacial score (nSPS) is 23.2. The van der Waals surface area contributed by atoms with Crippen molar-refractivity contribution in [2.75, 3.05) is 19.8 Å². The van der Waals surface area contributed by atoms with Gasteiger partial charge < -0.3 is 14.9 Å². The van der Waals surface area contributed by atoms with Crippen LogP contribution < -0.4 is 11.5 Å². The zero-order valence-corrected chi connectivity index (χ0v) is 10.6. The lowest BCUT2D eigenvalue weighted by molar-refractivity contribution is -0.0972. The molecule has 1 saturated heterocycles. The number of hydrogen-bond donors (Lipinski definition) is 2. The number of rotatable bonds is 3. The van der Waals surface area contributed by atoms with Crippen molar-refractivity contribution in [3.05, 3.63) is 34.3 Å². The largest absolute Gasteiger partial charge is 0.417 e. The first kappa shape index (κ1) is 11.3. The molecule has 5 heteroatoms. The molecule has 3 N–H and O–H groups in total. The summed E-state index contributed by atoms with van der Waals surface area (Å²) in [5.41, 5.74) is 8.69. The SMILES string of the molecule is NCC1(C2(c3ccc4[nH]c(=O)oc4c3)COC2)CC1. The molecule has 4 rings (SSSR count). The summed E-state index contributed by atoms with van der Waals surface area (Å²) in [6, 6.07) is 5.93. The van der Waals surface area contributed by atoms with E-state index in [9.17, 15) is 4.79 Å². The molecule has 0 bridgehead atoms. The minimum absolute atomic E-state index is 0.00573. The van der Waals surface area contributed by atoms with E-state index in [4.69, 9.17) is 14.9 Å². The lowest BCUT2D eigenvalue weighted by Crippen LogP contribution is -2.55. The van der Waals surface area contributed by atoms with E-state index in [1.54, 1.807) is 0 Å². The highest BCUT2D eigenvalue weighted by molar-refractivity contribution is 5.73. The van der Waals surface area contributed by atoms with Crippen LogP contribution in [0.4, 0.5) is 0 Å². The summed E-state index contributed by atoms with van der Waals surface area (Å²) in [7, 11) is 0. The third-order valence-electron chi connectivity index (χ3n) is 4.93. The van der Waals surface area contributed by atoms with Gasteiger partial charge in [0.1, 0.15) is 0 Å². The molecule has 1 saturated carbocycles. The molecule has 0 atom stereocenters. The summed E-state index contributed by atoms with van der Waals surface area (Å²) < 4.78 is 10.6. The number of benzene rings is 1. The minimum Gasteiger partial charge on any atom is -0.408 e. The molecule has 2 heterocycles. The van der Waals surface area contributed by atoms with Gasteiger partial charge in [-0.1, -0.05) is 6.07 Å². The second kappa shape index (κ2) is 3.49. The highest BCUT2D eigenvalue weighted by atomic mass is 16.5. The van der Waals surface area contributed by atoms with Gasteiger partial charge in [-0.15, -0.1) is 0 Å². The molecule has 100 valence electrons. The third kappa shape index (κ3) is 1.34. The van der Waals surface area contributed by atoms with Gasteiger partial charge in [-0.05, 0) is 42.5 Å². The predicted molar refractivity (Wildman–Crippen MR) is 70.1 cm³/mol. The summed E-state index contributed by atoms with van der Waals surface area (Å²) in [6.07, 6.45) is 2.31. The Morgan fingerprint density at radius 1 is 1.32 bits per heavy atom. The van der Waals surface area contributed by atoms with E-state index in [1.807, 2.05) is 12.1 Å². The quantitative estimate of drug-likeness (QED) is 0.866. The number of nitrogens with one attached hydrogen (secondary N) is 1. The summed E-state index contributed by atoms with van der Waals surface area (Å²) in [5.74, 6) is -0.411. The Labute approximate surface area is 109 Å². The van der Waals surface area contributed by atoms with Gasteiger partial charge in [-0.2, -0.15) is 0 Å². The molecule has 2 aliphatic rings. The Kier molecular flexibility index (Phi) is 2.07. The van der Waals surface area contributed by atoms with Gasteiger partial charge in [0, 0.05) is 5.41 Å². The standard InChI is InChI=1S/C14H16N2O3/c15-6-13(3-4-13)14(7-18-8-14)9-1-2-10-11(5-9)19-12(17)16-10/h1-2,5H,3-4,6-8,15H2,(H,16,17). The van der Waals surface area contributed by atoms with Crippen LogP contribution in [0.3, 0.4) is 0 Å². The van der Waals surface area contributed by atoms with Gasteiger partial charge in [-0.3, -0.25) is 4.98 Å². The van der Waals surface area contributed by atoms with Gasteiger partial charge in [-0.25, -0.2) is 4.79 Å². The van der Waals surface area contributed by atoms with E-state index in [-0.39, 0.29) is 10.8 Å². The third-order valence-corrected chi connectivity index (χ3v) is 4.93. The van der Waals surface area contributed by atoms with Crippen molar-refractivity contribution in [2.45, 2.75) is 18.3 Å². The smallest absolute Gasteiger partial charge is 0.408 e. The summed E-state index contributed by atoms with van der Waals surface area (Å²) in [6.45, 7) is 2.11. The van der Waals surface area contributed by atoms with Crippen LogP contribution in [0.2, 0.25) is 0 Å². The lowest BCUT2D eigenvalue weighted by atomic mass is 9.66. The first-order valence-corrected chi connectivity index (χ1v) is 6.60. The molecular weight excluding hydrogens is 244 g/mol. The molecule has 1 aromatic heterocycles. The Bertz CT molecular complexity index is 692. The highest BCUT2D eigenvalue weighted by Gasteiger charge is 2.62. The van der Waals surface area contributed by atoms with E-state index in [0.717, 1.165) is 18.4 Å². The van der Waals surface area contributed by atoms with Crippen LogP contribution in [0.15, 0.2) is 27.4 Å². The van der Waals surface area contributed by atoms with Gasteiger partial charge in [0.05, 0.1) is 18.7 Å². The highest BCUT2D eigenvalue weighted by Crippen LogP contribution is 2.61. The van der Waals surface area contributed by atoms with E-state index in [0.29, 0.717) is 25.3 Å². The van der Waals surface area contributed by atoms with Crippen LogP contribution in [0.5, 0.6) is 0 Å². The number of nitrogens with two attached hydrogens (primary N) is 1. The average molecular weight is 260 g/mol. The number of fused-ring (bicyclic) bond motifs is 1. The molecule has 0 radical (unpaired) electrons. The number of aromatic amines is 1. The summed E-state index contributed by atoms with van der Waals surface area (Å²) in [4.78, 5) is 13.9. The first-order chi connectivity index (χ1) is 9.19. The summed E-state index contributed by atoms with van der Waals surface area (Å²) >= 11 is 0. The molecule has 0 spiro atoms. The van der Waals surface area contributed by atoms with Crippen molar-refractivity contribution >= 4 is 11.1 Å². The van der Waals surface area contributed by atoms with Gasteiger partial charge in [0.15, 0.2) is 5.58 Å². The van der Waals surface area contributed by atoms with Crippen LogP contribution in [-0.4, -0.2) is 24.7 Å². The van der Waals surface area contributed by atoms with E-state index < -0.39 is 5.76 Å². The van der Waals surface area contributed by atoms with Crippen molar-refractivity contribution in [3.8, 4) is 0 Å². The Hall–Kier alpha value is -1.59. The topological polar surface area (TPSA) is 81.3 Å². The molecular formula is C14H16N2O3. The Morgan fingerprint density at radius 3 is 2.68 bits per heavy atom. The Balaban J connectivity index is 1.86. The molecule has 5 nitrogen and oxygen atoms in total. The second-order valence-corrected chi connectivity index (χ2v) is 5.78. The van der Waals surface area contributed by atoms with E-state index in [1.165, 1.54) is 5.56 Å². The molecule has 2 aromatic rings.